The molecule has 23 heavy (non-hydrogen) atoms. The summed E-state index contributed by atoms with van der Waals surface area (Å²) in [6, 6.07) is 0. The van der Waals surface area contributed by atoms with Gasteiger partial charge >= 0.3 is 0 Å². The van der Waals surface area contributed by atoms with Gasteiger partial charge in [-0.15, -0.1) is 0 Å². The van der Waals surface area contributed by atoms with E-state index in [2.05, 4.69) is 11.9 Å². The molecule has 0 aliphatic carbocycles. The SMILES string of the molecule is Cc1oc2ncn(CCC(=O)N3CCC(C)CC3)c(=O)c2c1C. The van der Waals surface area contributed by atoms with Crippen LogP contribution in [0.4, 0.5) is 0 Å². The lowest BCUT2D eigenvalue weighted by Gasteiger charge is -2.30. The Morgan fingerprint density at radius 3 is 2.74 bits per heavy atom. The first-order chi connectivity index (χ1) is 11.0. The minimum absolute atomic E-state index is 0.115. The maximum Gasteiger partial charge on any atom is 0.264 e. The van der Waals surface area contributed by atoms with Crippen molar-refractivity contribution in [2.45, 2.75) is 46.6 Å². The first kappa shape index (κ1) is 15.8. The maximum absolute atomic E-state index is 12.5. The van der Waals surface area contributed by atoms with Crippen molar-refractivity contribution in [3.05, 3.63) is 28.0 Å². The zero-order valence-electron chi connectivity index (χ0n) is 14.0. The summed E-state index contributed by atoms with van der Waals surface area (Å²) in [6.07, 6.45) is 3.93. The Labute approximate surface area is 135 Å². The van der Waals surface area contributed by atoms with Gasteiger partial charge in [0.05, 0.1) is 0 Å². The monoisotopic (exact) mass is 317 g/mol. The number of likely N-dealkylation sites (tertiary alicyclic amines) is 1. The number of amides is 1. The van der Waals surface area contributed by atoms with E-state index in [1.807, 2.05) is 18.7 Å². The van der Waals surface area contributed by atoms with E-state index in [0.29, 0.717) is 35.7 Å². The number of fused-ring (bicyclic) bond motifs is 1. The van der Waals surface area contributed by atoms with Gasteiger partial charge in [0.1, 0.15) is 17.5 Å². The molecular formula is C17H23N3O3. The van der Waals surface area contributed by atoms with Crippen LogP contribution >= 0.6 is 0 Å². The highest BCUT2D eigenvalue weighted by Crippen LogP contribution is 2.19. The molecule has 6 nitrogen and oxygen atoms in total. The van der Waals surface area contributed by atoms with Crippen LogP contribution in [0.2, 0.25) is 0 Å². The van der Waals surface area contributed by atoms with Crippen molar-refractivity contribution in [3.8, 4) is 0 Å². The highest BCUT2D eigenvalue weighted by molar-refractivity contribution is 5.78. The molecule has 0 radical (unpaired) electrons. The van der Waals surface area contributed by atoms with E-state index >= 15 is 0 Å². The molecule has 2 aromatic heterocycles. The number of aromatic nitrogens is 2. The zero-order chi connectivity index (χ0) is 16.6. The maximum atomic E-state index is 12.5. The summed E-state index contributed by atoms with van der Waals surface area (Å²) in [4.78, 5) is 30.9. The lowest BCUT2D eigenvalue weighted by Crippen LogP contribution is -2.38. The molecule has 1 fully saturated rings. The fourth-order valence-electron chi connectivity index (χ4n) is 3.06. The molecule has 124 valence electrons. The van der Waals surface area contributed by atoms with Crippen molar-refractivity contribution in [3.63, 3.8) is 0 Å². The van der Waals surface area contributed by atoms with Gasteiger partial charge in [-0.2, -0.15) is 0 Å². The van der Waals surface area contributed by atoms with E-state index in [4.69, 9.17) is 4.42 Å². The molecule has 0 aromatic carbocycles. The normalized spacial score (nSPS) is 16.2. The van der Waals surface area contributed by atoms with Crippen molar-refractivity contribution in [1.82, 2.24) is 14.5 Å². The van der Waals surface area contributed by atoms with Crippen molar-refractivity contribution in [2.75, 3.05) is 13.1 Å². The number of aryl methyl sites for hydroxylation is 3. The molecule has 3 heterocycles. The van der Waals surface area contributed by atoms with Gasteiger partial charge in [0.2, 0.25) is 11.6 Å². The van der Waals surface area contributed by atoms with Crippen LogP contribution in [-0.2, 0) is 11.3 Å². The Morgan fingerprint density at radius 1 is 1.35 bits per heavy atom. The van der Waals surface area contributed by atoms with E-state index in [9.17, 15) is 9.59 Å². The Hall–Kier alpha value is -2.11. The number of piperidine rings is 1. The summed E-state index contributed by atoms with van der Waals surface area (Å²) in [5.74, 6) is 1.52. The Kier molecular flexibility index (Phi) is 4.24. The summed E-state index contributed by atoms with van der Waals surface area (Å²) >= 11 is 0. The van der Waals surface area contributed by atoms with Gasteiger partial charge < -0.3 is 9.32 Å². The molecule has 1 aliphatic heterocycles. The lowest BCUT2D eigenvalue weighted by atomic mass is 9.99. The quantitative estimate of drug-likeness (QED) is 0.871. The summed E-state index contributed by atoms with van der Waals surface area (Å²) in [7, 11) is 0. The summed E-state index contributed by atoms with van der Waals surface area (Å²) in [6.45, 7) is 7.91. The van der Waals surface area contributed by atoms with Gasteiger partial charge in [0, 0.05) is 31.6 Å². The minimum Gasteiger partial charge on any atom is -0.443 e. The van der Waals surface area contributed by atoms with Crippen molar-refractivity contribution >= 4 is 17.0 Å². The molecule has 1 aliphatic rings. The second-order valence-corrected chi connectivity index (χ2v) is 6.52. The van der Waals surface area contributed by atoms with Crippen molar-refractivity contribution in [2.24, 2.45) is 5.92 Å². The molecule has 0 N–H and O–H groups in total. The number of rotatable bonds is 3. The van der Waals surface area contributed by atoms with Gasteiger partial charge in [-0.3, -0.25) is 14.2 Å². The summed E-state index contributed by atoms with van der Waals surface area (Å²) in [5, 5.41) is 0.518. The molecule has 0 atom stereocenters. The Morgan fingerprint density at radius 2 is 2.04 bits per heavy atom. The lowest BCUT2D eigenvalue weighted by molar-refractivity contribution is -0.132. The fraction of sp³-hybridized carbons (Fsp3) is 0.588. The van der Waals surface area contributed by atoms with Crippen LogP contribution in [0.25, 0.3) is 11.1 Å². The van der Waals surface area contributed by atoms with Crippen LogP contribution in [0.3, 0.4) is 0 Å². The number of carbonyl (C=O) groups is 1. The van der Waals surface area contributed by atoms with E-state index in [0.717, 1.165) is 31.5 Å². The Balaban J connectivity index is 1.72. The molecular weight excluding hydrogens is 294 g/mol. The predicted molar refractivity (Wildman–Crippen MR) is 87.3 cm³/mol. The molecule has 0 unspecified atom stereocenters. The van der Waals surface area contributed by atoms with Gasteiger partial charge in [-0.05, 0) is 32.6 Å². The van der Waals surface area contributed by atoms with E-state index < -0.39 is 0 Å². The summed E-state index contributed by atoms with van der Waals surface area (Å²) in [5.41, 5.74) is 1.06. The highest BCUT2D eigenvalue weighted by Gasteiger charge is 2.20. The van der Waals surface area contributed by atoms with Crippen molar-refractivity contribution in [1.29, 1.82) is 0 Å². The molecule has 3 rings (SSSR count). The first-order valence-corrected chi connectivity index (χ1v) is 8.20. The molecule has 1 saturated heterocycles. The average molecular weight is 317 g/mol. The van der Waals surface area contributed by atoms with Gasteiger partial charge in [-0.1, -0.05) is 6.92 Å². The third-order valence-corrected chi connectivity index (χ3v) is 4.86. The zero-order valence-corrected chi connectivity index (χ0v) is 14.0. The third-order valence-electron chi connectivity index (χ3n) is 4.86. The van der Waals surface area contributed by atoms with Crippen LogP contribution in [0, 0.1) is 19.8 Å². The topological polar surface area (TPSA) is 68.3 Å². The standard InChI is InChI=1S/C17H23N3O3/c1-11-4-7-19(8-5-11)14(21)6-9-20-10-18-16-15(17(20)22)12(2)13(3)23-16/h10-11H,4-9H2,1-3H3. The molecule has 0 saturated carbocycles. The average Bonchev–Trinajstić information content (AvgIpc) is 2.82. The minimum atomic E-state index is -0.135. The second-order valence-electron chi connectivity index (χ2n) is 6.52. The van der Waals surface area contributed by atoms with Crippen LogP contribution in [-0.4, -0.2) is 33.4 Å². The second kappa shape index (κ2) is 6.18. The first-order valence-electron chi connectivity index (χ1n) is 8.20. The van der Waals surface area contributed by atoms with E-state index in [1.54, 1.807) is 0 Å². The van der Waals surface area contributed by atoms with Crippen LogP contribution < -0.4 is 5.56 Å². The number of hydrogen-bond donors (Lipinski definition) is 0. The van der Waals surface area contributed by atoms with Crippen LogP contribution in [0.15, 0.2) is 15.5 Å². The molecule has 6 heteroatoms. The van der Waals surface area contributed by atoms with Crippen molar-refractivity contribution < 1.29 is 9.21 Å². The number of carbonyl (C=O) groups excluding carboxylic acids is 1. The van der Waals surface area contributed by atoms with Crippen LogP contribution in [0.1, 0.15) is 37.5 Å². The predicted octanol–water partition coefficient (Wildman–Crippen LogP) is 2.25. The number of hydrogen-bond acceptors (Lipinski definition) is 4. The van der Waals surface area contributed by atoms with Crippen LogP contribution in [0.5, 0.6) is 0 Å². The van der Waals surface area contributed by atoms with Gasteiger partial charge in [0.15, 0.2) is 0 Å². The fourth-order valence-corrected chi connectivity index (χ4v) is 3.06. The number of nitrogens with zero attached hydrogens (tertiary/aromatic N) is 3. The Bertz CT molecular complexity index is 782. The van der Waals surface area contributed by atoms with E-state index in [1.165, 1.54) is 10.9 Å². The molecule has 0 bridgehead atoms. The smallest absolute Gasteiger partial charge is 0.264 e. The van der Waals surface area contributed by atoms with Gasteiger partial charge in [-0.25, -0.2) is 4.98 Å². The molecule has 1 amide bonds. The third kappa shape index (κ3) is 3.02. The highest BCUT2D eigenvalue weighted by atomic mass is 16.3. The van der Waals surface area contributed by atoms with E-state index in [-0.39, 0.29) is 11.5 Å². The number of furan rings is 1. The van der Waals surface area contributed by atoms with Gasteiger partial charge in [0.25, 0.3) is 5.56 Å². The summed E-state index contributed by atoms with van der Waals surface area (Å²) < 4.78 is 6.97. The molecule has 2 aromatic rings. The largest absolute Gasteiger partial charge is 0.443 e. The molecule has 0 spiro atoms.